The molecule has 0 aliphatic heterocycles. The van der Waals surface area contributed by atoms with E-state index in [-0.39, 0.29) is 5.41 Å². The van der Waals surface area contributed by atoms with E-state index in [4.69, 9.17) is 0 Å². The van der Waals surface area contributed by atoms with Crippen molar-refractivity contribution in [2.24, 2.45) is 62.6 Å². The average Bonchev–Trinajstić information content (AvgIpc) is 3.15. The van der Waals surface area contributed by atoms with Crippen molar-refractivity contribution < 1.29 is 10.4 Å². The number of hydrogen-bond donors (Lipinski definition) is 2. The summed E-state index contributed by atoms with van der Waals surface area (Å²) < 4.78 is 0. The second kappa shape index (κ2) is 9.23. The van der Waals surface area contributed by atoms with E-state index >= 15 is 0 Å². The van der Waals surface area contributed by atoms with Crippen molar-refractivity contribution in [2.75, 3.05) is 0 Å². The lowest BCUT2D eigenvalue weighted by Gasteiger charge is -2.58. The maximum Gasteiger partial charge on any atom is 0.0836 e. The second-order valence-corrected chi connectivity index (χ2v) is 12.5. The van der Waals surface area contributed by atoms with Gasteiger partial charge in [-0.2, -0.15) is 0 Å². The molecule has 8 atom stereocenters. The molecular formula is C29H46N2O2. The van der Waals surface area contributed by atoms with E-state index < -0.39 is 0 Å². The quantitative estimate of drug-likeness (QED) is 0.254. The van der Waals surface area contributed by atoms with Gasteiger partial charge in [0.1, 0.15) is 0 Å². The number of oxime groups is 2. The van der Waals surface area contributed by atoms with Gasteiger partial charge in [-0.3, -0.25) is 0 Å². The summed E-state index contributed by atoms with van der Waals surface area (Å²) in [6.45, 7) is 14.4. The smallest absolute Gasteiger partial charge is 0.0836 e. The molecule has 2 N–H and O–H groups in total. The van der Waals surface area contributed by atoms with Gasteiger partial charge in [-0.15, -0.1) is 0 Å². The van der Waals surface area contributed by atoms with Crippen LogP contribution in [-0.2, 0) is 0 Å². The Bertz CT molecular complexity index is 856. The van der Waals surface area contributed by atoms with E-state index in [1.165, 1.54) is 32.1 Å². The van der Waals surface area contributed by atoms with Gasteiger partial charge in [-0.1, -0.05) is 64.0 Å². The fraction of sp³-hybridized carbons (Fsp3) is 0.793. The van der Waals surface area contributed by atoms with Crippen molar-refractivity contribution in [1.29, 1.82) is 0 Å². The van der Waals surface area contributed by atoms with Gasteiger partial charge >= 0.3 is 0 Å². The number of rotatable bonds is 5. The van der Waals surface area contributed by atoms with Crippen LogP contribution in [0.15, 0.2) is 34.1 Å². The van der Waals surface area contributed by atoms with E-state index in [2.05, 4.69) is 64.0 Å². The van der Waals surface area contributed by atoms with Crippen molar-refractivity contribution >= 4 is 11.4 Å². The Hall–Kier alpha value is -1.58. The molecule has 0 saturated heterocycles. The summed E-state index contributed by atoms with van der Waals surface area (Å²) in [4.78, 5) is 0. The summed E-state index contributed by atoms with van der Waals surface area (Å²) in [5.41, 5.74) is 3.07. The Kier molecular flexibility index (Phi) is 6.86. The molecule has 0 bridgehead atoms. The van der Waals surface area contributed by atoms with Crippen LogP contribution in [0.2, 0.25) is 0 Å². The predicted molar refractivity (Wildman–Crippen MR) is 136 cm³/mol. The summed E-state index contributed by atoms with van der Waals surface area (Å²) in [6, 6.07) is 0. The highest BCUT2D eigenvalue weighted by molar-refractivity contribution is 6.09. The van der Waals surface area contributed by atoms with Gasteiger partial charge < -0.3 is 10.4 Å². The van der Waals surface area contributed by atoms with Crippen LogP contribution in [0.3, 0.4) is 0 Å². The van der Waals surface area contributed by atoms with Gasteiger partial charge in [0.05, 0.1) is 11.4 Å². The van der Waals surface area contributed by atoms with Crippen LogP contribution in [0.4, 0.5) is 0 Å². The van der Waals surface area contributed by atoms with Crippen molar-refractivity contribution in [3.05, 3.63) is 23.8 Å². The minimum absolute atomic E-state index is 0.0230. The molecule has 0 spiro atoms. The molecule has 4 heteroatoms. The van der Waals surface area contributed by atoms with Crippen molar-refractivity contribution in [1.82, 2.24) is 0 Å². The number of nitrogens with zero attached hydrogens (tertiary/aromatic N) is 2. The van der Waals surface area contributed by atoms with Gasteiger partial charge in [0.15, 0.2) is 0 Å². The second-order valence-electron chi connectivity index (χ2n) is 12.5. The molecule has 4 aliphatic rings. The largest absolute Gasteiger partial charge is 0.411 e. The molecular weight excluding hydrogens is 408 g/mol. The molecule has 4 aliphatic carbocycles. The topological polar surface area (TPSA) is 65.2 Å². The Labute approximate surface area is 201 Å². The van der Waals surface area contributed by atoms with Gasteiger partial charge in [-0.05, 0) is 115 Å². The minimum Gasteiger partial charge on any atom is -0.411 e. The zero-order chi connectivity index (χ0) is 24.0. The third-order valence-corrected chi connectivity index (χ3v) is 10.8. The summed E-state index contributed by atoms with van der Waals surface area (Å²) in [5, 5.41) is 26.6. The van der Waals surface area contributed by atoms with Crippen molar-refractivity contribution in [3.8, 4) is 0 Å². The van der Waals surface area contributed by atoms with E-state index in [1.54, 1.807) is 0 Å². The van der Waals surface area contributed by atoms with Gasteiger partial charge in [-0.25, -0.2) is 0 Å². The van der Waals surface area contributed by atoms with Crippen LogP contribution in [0.25, 0.3) is 0 Å². The van der Waals surface area contributed by atoms with Gasteiger partial charge in [0.2, 0.25) is 0 Å². The lowest BCUT2D eigenvalue weighted by molar-refractivity contribution is -0.0384. The van der Waals surface area contributed by atoms with Crippen LogP contribution in [0.5, 0.6) is 0 Å². The molecule has 0 aromatic heterocycles. The Morgan fingerprint density at radius 3 is 2.42 bits per heavy atom. The van der Waals surface area contributed by atoms with Crippen LogP contribution in [0, 0.1) is 52.3 Å². The first-order valence-corrected chi connectivity index (χ1v) is 13.5. The summed E-state index contributed by atoms with van der Waals surface area (Å²) in [5.74, 6) is 4.65. The van der Waals surface area contributed by atoms with Gasteiger partial charge in [0.25, 0.3) is 0 Å². The fourth-order valence-electron chi connectivity index (χ4n) is 8.78. The third kappa shape index (κ3) is 4.00. The molecule has 0 aromatic rings. The van der Waals surface area contributed by atoms with Crippen LogP contribution < -0.4 is 0 Å². The monoisotopic (exact) mass is 454 g/mol. The van der Waals surface area contributed by atoms with Crippen LogP contribution in [0.1, 0.15) is 92.9 Å². The van der Waals surface area contributed by atoms with Crippen LogP contribution >= 0.6 is 0 Å². The molecule has 184 valence electrons. The molecule has 33 heavy (non-hydrogen) atoms. The molecule has 1 unspecified atom stereocenters. The first-order valence-electron chi connectivity index (χ1n) is 13.5. The maximum atomic E-state index is 9.96. The first kappa shape index (κ1) is 24.5. The minimum atomic E-state index is 0.0230. The Morgan fingerprint density at radius 2 is 1.79 bits per heavy atom. The van der Waals surface area contributed by atoms with Crippen molar-refractivity contribution in [2.45, 2.75) is 92.9 Å². The predicted octanol–water partition coefficient (Wildman–Crippen LogP) is 7.71. The summed E-state index contributed by atoms with van der Waals surface area (Å²) in [6.07, 6.45) is 16.1. The highest BCUT2D eigenvalue weighted by Gasteiger charge is 2.60. The van der Waals surface area contributed by atoms with Crippen molar-refractivity contribution in [3.63, 3.8) is 0 Å². The lowest BCUT2D eigenvalue weighted by atomic mass is 9.46. The fourth-order valence-corrected chi connectivity index (χ4v) is 8.78. The Morgan fingerprint density at radius 1 is 1.03 bits per heavy atom. The highest BCUT2D eigenvalue weighted by Crippen LogP contribution is 2.67. The molecule has 0 heterocycles. The van der Waals surface area contributed by atoms with E-state index in [9.17, 15) is 10.4 Å². The first-order chi connectivity index (χ1) is 15.7. The Balaban J connectivity index is 1.59. The van der Waals surface area contributed by atoms with E-state index in [1.807, 2.05) is 6.08 Å². The molecule has 4 rings (SSSR count). The lowest BCUT2D eigenvalue weighted by Crippen LogP contribution is -2.53. The number of hydrogen-bond acceptors (Lipinski definition) is 4. The molecule has 3 fully saturated rings. The van der Waals surface area contributed by atoms with Gasteiger partial charge in [0, 0.05) is 0 Å². The summed E-state index contributed by atoms with van der Waals surface area (Å²) in [7, 11) is 0. The highest BCUT2D eigenvalue weighted by atomic mass is 16.4. The number of fused-ring (bicyclic) bond motifs is 5. The van der Waals surface area contributed by atoms with E-state index in [0.29, 0.717) is 40.9 Å². The average molecular weight is 455 g/mol. The standard InChI is InChI=1S/C29H46N2O2/c1-7-20(18(2)3)9-8-19(4)23-10-11-24-22-17-27(31-33)26-16-21(30-32)12-14-29(26,6)25(22)13-15-28(23,24)5/h8-9,16,18-20,22-25,32-33H,7,10-15,17H2,1-6H3/t19-,20?,22+,23-,24+,25+,28-,29-/m1/s1. The number of allylic oxidation sites excluding steroid dienone is 4. The molecule has 3 saturated carbocycles. The van der Waals surface area contributed by atoms with E-state index in [0.717, 1.165) is 42.2 Å². The van der Waals surface area contributed by atoms with Crippen LogP contribution in [-0.4, -0.2) is 21.8 Å². The molecule has 0 amide bonds. The summed E-state index contributed by atoms with van der Waals surface area (Å²) >= 11 is 0. The third-order valence-electron chi connectivity index (χ3n) is 10.8. The zero-order valence-corrected chi connectivity index (χ0v) is 21.7. The molecule has 0 radical (unpaired) electrons. The normalized spacial score (nSPS) is 42.8. The molecule has 0 aromatic carbocycles. The zero-order valence-electron chi connectivity index (χ0n) is 21.7. The SMILES string of the molecule is CCC(C=C[C@@H](C)[C@H]1CC[C@H]2[C@@H]3CC(=NO)C4=CC(=NO)CC[C@]4(C)[C@H]3CC[C@]12C)C(C)C. The molecule has 4 nitrogen and oxygen atoms in total. The maximum absolute atomic E-state index is 9.96.